The largest absolute Gasteiger partial charge is 0.451 e. The Morgan fingerprint density at radius 3 is 1.11 bits per heavy atom. The molecule has 0 fully saturated rings. The first-order valence-corrected chi connectivity index (χ1v) is 3.63. The Morgan fingerprint density at radius 2 is 1.11 bits per heavy atom. The van der Waals surface area contributed by atoms with Gasteiger partial charge < -0.3 is 10.0 Å². The van der Waals surface area contributed by atoms with Crippen LogP contribution >= 0.6 is 0 Å². The molecule has 0 aliphatic rings. The van der Waals surface area contributed by atoms with Crippen LogP contribution in [0.15, 0.2) is 0 Å². The van der Waals surface area contributed by atoms with Crippen LogP contribution in [0, 0.1) is 0 Å². The second-order valence-corrected chi connectivity index (χ2v) is 0.889. The van der Waals surface area contributed by atoms with Gasteiger partial charge in [-0.3, -0.25) is 0 Å². The molecule has 0 unspecified atom stereocenters. The second kappa shape index (κ2) is 24.5. The van der Waals surface area contributed by atoms with Crippen LogP contribution in [0.3, 0.4) is 0 Å². The average Bonchev–Trinajstić information content (AvgIpc) is 1.97. The molecule has 58 valence electrons. The minimum atomic E-state index is -1.12. The quantitative estimate of drug-likeness (QED) is 0.534. The van der Waals surface area contributed by atoms with Gasteiger partial charge in [-0.15, -0.1) is 0 Å². The topological polar surface area (TPSA) is 40.5 Å². The fourth-order valence-corrected chi connectivity index (χ4v) is 0. The Bertz CT molecular complexity index is 25.0. The molecule has 0 aliphatic carbocycles. The normalized spacial score (nSPS) is 5.67. The molecule has 0 saturated heterocycles. The van der Waals surface area contributed by atoms with Crippen LogP contribution in [-0.2, 0) is 0 Å². The van der Waals surface area contributed by atoms with E-state index in [0.29, 0.717) is 6.32 Å². The summed E-state index contributed by atoms with van der Waals surface area (Å²) in [7, 11) is -1.12. The van der Waals surface area contributed by atoms with Gasteiger partial charge in [0.15, 0.2) is 0 Å². The summed E-state index contributed by atoms with van der Waals surface area (Å²) in [5, 5.41) is 15.8. The zero-order valence-electron chi connectivity index (χ0n) is 7.18. The molecule has 0 aromatic heterocycles. The van der Waals surface area contributed by atoms with Crippen molar-refractivity contribution in [2.24, 2.45) is 0 Å². The second-order valence-electron chi connectivity index (χ2n) is 0.889. The molecule has 0 amide bonds. The van der Waals surface area contributed by atoms with E-state index in [1.54, 1.807) is 6.92 Å². The molecule has 0 aromatic carbocycles. The van der Waals surface area contributed by atoms with E-state index in [2.05, 4.69) is 0 Å². The van der Waals surface area contributed by atoms with E-state index in [4.69, 9.17) is 10.0 Å². The van der Waals surface area contributed by atoms with Crippen molar-refractivity contribution >= 4 is 7.12 Å². The third kappa shape index (κ3) is 72.6. The van der Waals surface area contributed by atoms with Crippen molar-refractivity contribution in [3.63, 3.8) is 0 Å². The van der Waals surface area contributed by atoms with Crippen molar-refractivity contribution in [2.45, 2.75) is 40.9 Å². The molecule has 3 heteroatoms. The lowest BCUT2D eigenvalue weighted by Gasteiger charge is -1.81. The first-order chi connectivity index (χ1) is 4.27. The van der Waals surface area contributed by atoms with Crippen molar-refractivity contribution in [1.29, 1.82) is 0 Å². The highest BCUT2D eigenvalue weighted by Crippen LogP contribution is 1.73. The van der Waals surface area contributed by atoms with Gasteiger partial charge in [0.05, 0.1) is 0 Å². The average molecular weight is 134 g/mol. The summed E-state index contributed by atoms with van der Waals surface area (Å²) in [5.41, 5.74) is 0. The van der Waals surface area contributed by atoms with E-state index in [9.17, 15) is 0 Å². The first-order valence-electron chi connectivity index (χ1n) is 3.63. The molecule has 0 heterocycles. The summed E-state index contributed by atoms with van der Waals surface area (Å²) < 4.78 is 0. The summed E-state index contributed by atoms with van der Waals surface area (Å²) in [6.07, 6.45) is 0.417. The zero-order valence-corrected chi connectivity index (χ0v) is 7.18. The number of hydrogen-bond acceptors (Lipinski definition) is 2. The van der Waals surface area contributed by atoms with Gasteiger partial charge in [-0.05, 0) is 6.32 Å². The van der Waals surface area contributed by atoms with Crippen LogP contribution in [0.2, 0.25) is 6.32 Å². The van der Waals surface area contributed by atoms with Crippen molar-refractivity contribution < 1.29 is 10.0 Å². The van der Waals surface area contributed by atoms with Gasteiger partial charge in [0.1, 0.15) is 0 Å². The van der Waals surface area contributed by atoms with Gasteiger partial charge in [0.25, 0.3) is 0 Å². The summed E-state index contributed by atoms with van der Waals surface area (Å²) in [6, 6.07) is 0. The van der Waals surface area contributed by atoms with Gasteiger partial charge in [-0.2, -0.15) is 0 Å². The van der Waals surface area contributed by atoms with E-state index >= 15 is 0 Å². The SMILES string of the molecule is CC.CC.CCB(O)O. The molecule has 0 aliphatic heterocycles. The lowest BCUT2D eigenvalue weighted by molar-refractivity contribution is 0.408. The van der Waals surface area contributed by atoms with Gasteiger partial charge in [-0.1, -0.05) is 34.6 Å². The van der Waals surface area contributed by atoms with Crippen LogP contribution < -0.4 is 0 Å². The Kier molecular flexibility index (Phi) is 43.6. The Balaban J connectivity index is -0.0000000771. The highest BCUT2D eigenvalue weighted by atomic mass is 16.4. The molecular formula is C6H19BO2. The van der Waals surface area contributed by atoms with Crippen LogP contribution in [0.5, 0.6) is 0 Å². The molecule has 2 N–H and O–H groups in total. The molecule has 0 bridgehead atoms. The molecule has 0 spiro atoms. The fourth-order valence-electron chi connectivity index (χ4n) is 0. The maximum Gasteiger partial charge on any atom is 0.451 e. The van der Waals surface area contributed by atoms with Gasteiger partial charge in [0, 0.05) is 0 Å². The summed E-state index contributed by atoms with van der Waals surface area (Å²) in [6.45, 7) is 9.70. The third-order valence-electron chi connectivity index (χ3n) is 0.365. The highest BCUT2D eigenvalue weighted by molar-refractivity contribution is 6.40. The molecule has 0 atom stereocenters. The maximum absolute atomic E-state index is 7.92. The summed E-state index contributed by atoms with van der Waals surface area (Å²) >= 11 is 0. The molecule has 0 radical (unpaired) electrons. The zero-order chi connectivity index (χ0) is 8.28. The Labute approximate surface area is 59.1 Å². The van der Waals surface area contributed by atoms with E-state index in [1.807, 2.05) is 27.7 Å². The Morgan fingerprint density at radius 1 is 1.00 bits per heavy atom. The van der Waals surface area contributed by atoms with Gasteiger partial charge in [0.2, 0.25) is 0 Å². The Hall–Kier alpha value is -0.0151. The lowest BCUT2D eigenvalue weighted by atomic mass is 9.88. The monoisotopic (exact) mass is 134 g/mol. The predicted octanol–water partition coefficient (Wildman–Crippen LogP) is 1.53. The molecule has 9 heavy (non-hydrogen) atoms. The van der Waals surface area contributed by atoms with Crippen LogP contribution in [0.4, 0.5) is 0 Å². The van der Waals surface area contributed by atoms with Crippen molar-refractivity contribution in [3.05, 3.63) is 0 Å². The van der Waals surface area contributed by atoms with Crippen LogP contribution in [-0.4, -0.2) is 17.2 Å². The van der Waals surface area contributed by atoms with E-state index in [1.165, 1.54) is 0 Å². The number of hydrogen-bond donors (Lipinski definition) is 2. The van der Waals surface area contributed by atoms with Crippen LogP contribution in [0.25, 0.3) is 0 Å². The highest BCUT2D eigenvalue weighted by Gasteiger charge is 1.96. The molecule has 0 rings (SSSR count). The minimum absolute atomic E-state index is 0.417. The van der Waals surface area contributed by atoms with Gasteiger partial charge >= 0.3 is 7.12 Å². The molecule has 2 nitrogen and oxygen atoms in total. The smallest absolute Gasteiger partial charge is 0.427 e. The molecule has 0 aromatic rings. The van der Waals surface area contributed by atoms with E-state index in [-0.39, 0.29) is 0 Å². The maximum atomic E-state index is 7.92. The van der Waals surface area contributed by atoms with E-state index < -0.39 is 7.12 Å². The fraction of sp³-hybridized carbons (Fsp3) is 1.00. The molecule has 0 saturated carbocycles. The lowest BCUT2D eigenvalue weighted by Crippen LogP contribution is -2.06. The minimum Gasteiger partial charge on any atom is -0.427 e. The first kappa shape index (κ1) is 16.0. The van der Waals surface area contributed by atoms with E-state index in [0.717, 1.165) is 0 Å². The number of rotatable bonds is 1. The van der Waals surface area contributed by atoms with Crippen molar-refractivity contribution in [2.75, 3.05) is 0 Å². The van der Waals surface area contributed by atoms with Crippen molar-refractivity contribution in [3.8, 4) is 0 Å². The third-order valence-corrected chi connectivity index (χ3v) is 0.365. The summed E-state index contributed by atoms with van der Waals surface area (Å²) in [5.74, 6) is 0. The predicted molar refractivity (Wildman–Crippen MR) is 43.4 cm³/mol. The van der Waals surface area contributed by atoms with Gasteiger partial charge in [-0.25, -0.2) is 0 Å². The molecular weight excluding hydrogens is 115 g/mol. The summed E-state index contributed by atoms with van der Waals surface area (Å²) in [4.78, 5) is 0. The standard InChI is InChI=1S/C2H7BO2.2C2H6/c1-2-3(4)5;2*1-2/h4-5H,2H2,1H3;2*1-2H3. The van der Waals surface area contributed by atoms with Crippen LogP contribution in [0.1, 0.15) is 34.6 Å². The van der Waals surface area contributed by atoms with Crippen molar-refractivity contribution in [1.82, 2.24) is 0 Å².